The molecular formula is C11H16N6S. The van der Waals surface area contributed by atoms with E-state index >= 15 is 0 Å². The van der Waals surface area contributed by atoms with Gasteiger partial charge in [-0.15, -0.1) is 0 Å². The van der Waals surface area contributed by atoms with Crippen LogP contribution in [0.3, 0.4) is 0 Å². The van der Waals surface area contributed by atoms with Gasteiger partial charge in [0.1, 0.15) is 0 Å². The molecule has 7 heteroatoms. The van der Waals surface area contributed by atoms with Crippen molar-refractivity contribution in [2.24, 2.45) is 4.99 Å². The fourth-order valence-corrected chi connectivity index (χ4v) is 1.97. The van der Waals surface area contributed by atoms with Gasteiger partial charge in [0.25, 0.3) is 0 Å². The summed E-state index contributed by atoms with van der Waals surface area (Å²) in [4.78, 5) is 12.4. The van der Waals surface area contributed by atoms with Gasteiger partial charge in [-0.25, -0.2) is 0 Å². The molecule has 1 heterocycles. The van der Waals surface area contributed by atoms with Crippen molar-refractivity contribution in [1.29, 1.82) is 5.26 Å². The summed E-state index contributed by atoms with van der Waals surface area (Å²) in [6.07, 6.45) is 7.91. The average molecular weight is 264 g/mol. The number of nitrogens with one attached hydrogen (secondary N) is 2. The molecule has 0 bridgehead atoms. The van der Waals surface area contributed by atoms with E-state index in [0.29, 0.717) is 12.5 Å². The van der Waals surface area contributed by atoms with Crippen LogP contribution in [0.1, 0.15) is 5.69 Å². The molecule has 6 nitrogen and oxygen atoms in total. The van der Waals surface area contributed by atoms with E-state index in [1.54, 1.807) is 37.4 Å². The molecule has 0 saturated carbocycles. The van der Waals surface area contributed by atoms with Crippen LogP contribution < -0.4 is 10.6 Å². The minimum Gasteiger partial charge on any atom is -0.359 e. The summed E-state index contributed by atoms with van der Waals surface area (Å²) in [5, 5.41) is 13.7. The molecule has 0 spiro atoms. The Labute approximate surface area is 111 Å². The molecule has 2 N–H and O–H groups in total. The lowest BCUT2D eigenvalue weighted by Crippen LogP contribution is -2.31. The fourth-order valence-electron chi connectivity index (χ4n) is 1.19. The summed E-state index contributed by atoms with van der Waals surface area (Å²) in [6.45, 7) is 0.677. The lowest BCUT2D eigenvalue weighted by molar-refractivity contribution is 0.998. The summed E-state index contributed by atoms with van der Waals surface area (Å²) in [5.74, 6) is 2.42. The van der Waals surface area contributed by atoms with Crippen LogP contribution in [0.4, 0.5) is 0 Å². The van der Waals surface area contributed by atoms with Crippen LogP contribution >= 0.6 is 11.8 Å². The van der Waals surface area contributed by atoms with Crippen molar-refractivity contribution in [2.75, 3.05) is 25.1 Å². The first-order valence-electron chi connectivity index (χ1n) is 5.56. The third kappa shape index (κ3) is 6.06. The Bertz CT molecular complexity index is 400. The second-order valence-electron chi connectivity index (χ2n) is 3.28. The zero-order chi connectivity index (χ0) is 13.1. The minimum atomic E-state index is 0.507. The van der Waals surface area contributed by atoms with E-state index in [0.717, 1.165) is 23.6 Å². The second kappa shape index (κ2) is 9.24. The number of nitrogens with zero attached hydrogens (tertiary/aromatic N) is 4. The minimum absolute atomic E-state index is 0.507. The summed E-state index contributed by atoms with van der Waals surface area (Å²) in [6, 6.07) is 0. The average Bonchev–Trinajstić information content (AvgIpc) is 2.42. The van der Waals surface area contributed by atoms with Crippen LogP contribution in [-0.4, -0.2) is 41.0 Å². The monoisotopic (exact) mass is 264 g/mol. The molecule has 0 aliphatic heterocycles. The summed E-state index contributed by atoms with van der Waals surface area (Å²) >= 11 is 1.81. The highest BCUT2D eigenvalue weighted by Crippen LogP contribution is 2.03. The molecule has 0 atom stereocenters. The van der Waals surface area contributed by atoms with Gasteiger partial charge in [-0.3, -0.25) is 20.3 Å². The normalized spacial score (nSPS) is 10.8. The van der Waals surface area contributed by atoms with E-state index < -0.39 is 0 Å². The zero-order valence-electron chi connectivity index (χ0n) is 10.3. The Hall–Kier alpha value is -1.81. The van der Waals surface area contributed by atoms with Gasteiger partial charge in [0.15, 0.2) is 6.19 Å². The first-order chi connectivity index (χ1) is 8.86. The van der Waals surface area contributed by atoms with Crippen molar-refractivity contribution < 1.29 is 0 Å². The molecule has 0 unspecified atom stereocenters. The van der Waals surface area contributed by atoms with Gasteiger partial charge in [0, 0.05) is 37.8 Å². The van der Waals surface area contributed by atoms with E-state index in [1.807, 2.05) is 6.19 Å². The zero-order valence-corrected chi connectivity index (χ0v) is 11.1. The van der Waals surface area contributed by atoms with Crippen LogP contribution in [0.2, 0.25) is 0 Å². The number of nitriles is 1. The highest BCUT2D eigenvalue weighted by Gasteiger charge is 1.95. The first-order valence-corrected chi connectivity index (χ1v) is 6.72. The number of guanidine groups is 1. The first kappa shape index (κ1) is 14.3. The van der Waals surface area contributed by atoms with Gasteiger partial charge < -0.3 is 5.32 Å². The molecule has 0 saturated heterocycles. The number of hydrogen-bond acceptors (Lipinski definition) is 5. The molecule has 0 aliphatic rings. The van der Waals surface area contributed by atoms with Crippen LogP contribution in [0.25, 0.3) is 0 Å². The van der Waals surface area contributed by atoms with Crippen LogP contribution in [-0.2, 0) is 6.42 Å². The summed E-state index contributed by atoms with van der Waals surface area (Å²) < 4.78 is 0. The number of hydrogen-bond donors (Lipinski definition) is 2. The van der Waals surface area contributed by atoms with E-state index in [4.69, 9.17) is 5.26 Å². The van der Waals surface area contributed by atoms with Gasteiger partial charge >= 0.3 is 0 Å². The quantitative estimate of drug-likeness (QED) is 0.254. The number of aromatic nitrogens is 2. The molecular weight excluding hydrogens is 248 g/mol. The Morgan fingerprint density at radius 2 is 2.39 bits per heavy atom. The summed E-state index contributed by atoms with van der Waals surface area (Å²) in [5.41, 5.74) is 1.01. The Morgan fingerprint density at radius 3 is 3.06 bits per heavy atom. The number of aliphatic imine (C=N–C) groups is 1. The van der Waals surface area contributed by atoms with Crippen molar-refractivity contribution in [3.63, 3.8) is 0 Å². The molecule has 1 aromatic heterocycles. The highest BCUT2D eigenvalue weighted by molar-refractivity contribution is 7.99. The number of rotatable bonds is 6. The fraction of sp³-hybridized carbons (Fsp3) is 0.455. The molecule has 96 valence electrons. The van der Waals surface area contributed by atoms with E-state index in [-0.39, 0.29) is 0 Å². The predicted molar refractivity (Wildman–Crippen MR) is 73.2 cm³/mol. The standard InChI is InChI=1S/C11H16N6S/c1-13-11(17-9-12)16-5-7-18-6-2-10-8-14-3-4-15-10/h3-4,8H,2,5-7H2,1H3,(H2,13,16,17). The Balaban J connectivity index is 2.10. The predicted octanol–water partition coefficient (Wildman–Crippen LogP) is 0.398. The maximum absolute atomic E-state index is 8.43. The van der Waals surface area contributed by atoms with Crippen LogP contribution in [0, 0.1) is 11.5 Å². The molecule has 1 rings (SSSR count). The van der Waals surface area contributed by atoms with Crippen molar-refractivity contribution >= 4 is 17.7 Å². The van der Waals surface area contributed by atoms with Gasteiger partial charge in [-0.1, -0.05) is 0 Å². The van der Waals surface area contributed by atoms with Crippen molar-refractivity contribution in [3.8, 4) is 6.19 Å². The molecule has 0 aromatic carbocycles. The topological polar surface area (TPSA) is 86.0 Å². The molecule has 1 aromatic rings. The van der Waals surface area contributed by atoms with Gasteiger partial charge in [0.2, 0.25) is 5.96 Å². The van der Waals surface area contributed by atoms with Crippen molar-refractivity contribution in [2.45, 2.75) is 6.42 Å². The Morgan fingerprint density at radius 1 is 1.50 bits per heavy atom. The Kier molecular flexibility index (Phi) is 7.32. The third-order valence-corrected chi connectivity index (χ3v) is 3.00. The molecule has 0 radical (unpaired) electrons. The summed E-state index contributed by atoms with van der Waals surface area (Å²) in [7, 11) is 1.73. The van der Waals surface area contributed by atoms with Gasteiger partial charge in [-0.2, -0.15) is 17.0 Å². The maximum Gasteiger partial charge on any atom is 0.204 e. The third-order valence-electron chi connectivity index (χ3n) is 2.04. The van der Waals surface area contributed by atoms with Crippen molar-refractivity contribution in [1.82, 2.24) is 20.6 Å². The van der Waals surface area contributed by atoms with Crippen LogP contribution in [0.5, 0.6) is 0 Å². The SMILES string of the molecule is CN/C(=N/CCSCCc1cnccn1)NC#N. The number of aryl methyl sites for hydroxylation is 1. The molecule has 18 heavy (non-hydrogen) atoms. The van der Waals surface area contributed by atoms with Gasteiger partial charge in [-0.05, 0) is 5.75 Å². The number of thioether (sulfide) groups is 1. The van der Waals surface area contributed by atoms with Gasteiger partial charge in [0.05, 0.1) is 12.2 Å². The molecule has 0 amide bonds. The molecule has 0 aliphatic carbocycles. The van der Waals surface area contributed by atoms with E-state index in [1.165, 1.54) is 0 Å². The van der Waals surface area contributed by atoms with E-state index in [9.17, 15) is 0 Å². The van der Waals surface area contributed by atoms with Crippen LogP contribution in [0.15, 0.2) is 23.6 Å². The highest BCUT2D eigenvalue weighted by atomic mass is 32.2. The smallest absolute Gasteiger partial charge is 0.204 e. The maximum atomic E-state index is 8.43. The van der Waals surface area contributed by atoms with Crippen molar-refractivity contribution in [3.05, 3.63) is 24.3 Å². The van der Waals surface area contributed by atoms with E-state index in [2.05, 4.69) is 25.6 Å². The lowest BCUT2D eigenvalue weighted by Gasteiger charge is -2.02. The largest absolute Gasteiger partial charge is 0.359 e. The lowest BCUT2D eigenvalue weighted by atomic mass is 10.4. The molecule has 0 fully saturated rings. The second-order valence-corrected chi connectivity index (χ2v) is 4.50.